The van der Waals surface area contributed by atoms with E-state index in [1.807, 2.05) is 31.1 Å². The summed E-state index contributed by atoms with van der Waals surface area (Å²) in [5.41, 5.74) is -0.940. The number of rotatable bonds is 8. The zero-order valence-electron chi connectivity index (χ0n) is 18.0. The fraction of sp³-hybridized carbons (Fsp3) is 0.619. The smallest absolute Gasteiger partial charge is 0.357 e. The lowest BCUT2D eigenvalue weighted by Gasteiger charge is -2.38. The van der Waals surface area contributed by atoms with E-state index in [1.54, 1.807) is 32.9 Å². The molecule has 1 aromatic carbocycles. The largest absolute Gasteiger partial charge is 0.457 e. The van der Waals surface area contributed by atoms with E-state index in [4.69, 9.17) is 9.16 Å². The summed E-state index contributed by atoms with van der Waals surface area (Å²) in [6, 6.07) is 12.1. The lowest BCUT2D eigenvalue weighted by molar-refractivity contribution is -0.170. The second-order valence-corrected chi connectivity index (χ2v) is 12.8. The predicted octanol–water partition coefficient (Wildman–Crippen LogP) is 4.83. The van der Waals surface area contributed by atoms with Crippen LogP contribution in [0.1, 0.15) is 47.1 Å². The molecular formula is C21H34N2O3Si. The minimum atomic E-state index is -2.26. The quantitative estimate of drug-likeness (QED) is 0.470. The van der Waals surface area contributed by atoms with Gasteiger partial charge in [-0.1, -0.05) is 32.9 Å². The number of hydrogen-bond donors (Lipinski definition) is 0. The van der Waals surface area contributed by atoms with Crippen molar-refractivity contribution in [1.82, 2.24) is 0 Å². The van der Waals surface area contributed by atoms with E-state index in [1.165, 1.54) is 0 Å². The molecule has 150 valence electrons. The standard InChI is InChI=1S/C21H34N2O3Si/c1-9-27(10-2,11-3)26-21(16-22,19(24)25-20(4,5)6)17-12-14-18(15-13-17)23(7)8/h12-15H,9-11H2,1-8H3. The summed E-state index contributed by atoms with van der Waals surface area (Å²) in [6.07, 6.45) is 0. The van der Waals surface area contributed by atoms with E-state index in [2.05, 4.69) is 26.8 Å². The first-order valence-corrected chi connectivity index (χ1v) is 12.1. The zero-order chi connectivity index (χ0) is 20.9. The Hall–Kier alpha value is -1.84. The third-order valence-corrected chi connectivity index (χ3v) is 9.54. The van der Waals surface area contributed by atoms with Gasteiger partial charge in [0.05, 0.1) is 0 Å². The first-order valence-electron chi connectivity index (χ1n) is 9.62. The molecule has 0 N–H and O–H groups in total. The maximum absolute atomic E-state index is 13.2. The number of ether oxygens (including phenoxy) is 1. The highest BCUT2D eigenvalue weighted by Gasteiger charge is 2.50. The molecule has 0 aliphatic carbocycles. The Labute approximate surface area is 165 Å². The maximum atomic E-state index is 13.2. The highest BCUT2D eigenvalue weighted by molar-refractivity contribution is 6.73. The Balaban J connectivity index is 3.54. The van der Waals surface area contributed by atoms with Gasteiger partial charge in [-0.3, -0.25) is 0 Å². The number of nitriles is 1. The molecule has 1 aromatic rings. The average molecular weight is 391 g/mol. The molecule has 0 aliphatic heterocycles. The Morgan fingerprint density at radius 1 is 1.07 bits per heavy atom. The van der Waals surface area contributed by atoms with Crippen LogP contribution in [-0.4, -0.2) is 34.0 Å². The van der Waals surface area contributed by atoms with Crippen molar-refractivity contribution in [3.8, 4) is 6.07 Å². The Morgan fingerprint density at radius 3 is 1.89 bits per heavy atom. The molecule has 0 heterocycles. The monoisotopic (exact) mass is 390 g/mol. The normalized spacial score (nSPS) is 14.2. The third-order valence-electron chi connectivity index (χ3n) is 4.94. The van der Waals surface area contributed by atoms with Crippen LogP contribution in [-0.2, 0) is 19.6 Å². The second-order valence-electron chi connectivity index (χ2n) is 8.08. The van der Waals surface area contributed by atoms with E-state index in [0.29, 0.717) is 5.56 Å². The molecule has 0 radical (unpaired) electrons. The molecule has 27 heavy (non-hydrogen) atoms. The average Bonchev–Trinajstić information content (AvgIpc) is 2.62. The minimum Gasteiger partial charge on any atom is -0.457 e. The minimum absolute atomic E-state index is 0.525. The second kappa shape index (κ2) is 8.90. The van der Waals surface area contributed by atoms with Crippen LogP contribution in [0.15, 0.2) is 24.3 Å². The van der Waals surface area contributed by atoms with Crippen molar-refractivity contribution in [1.29, 1.82) is 5.26 Å². The van der Waals surface area contributed by atoms with Crippen molar-refractivity contribution in [3.63, 3.8) is 0 Å². The van der Waals surface area contributed by atoms with Gasteiger partial charge in [-0.25, -0.2) is 4.79 Å². The number of hydrogen-bond acceptors (Lipinski definition) is 5. The number of anilines is 1. The topological polar surface area (TPSA) is 62.6 Å². The molecule has 0 aromatic heterocycles. The van der Waals surface area contributed by atoms with Crippen molar-refractivity contribution in [3.05, 3.63) is 29.8 Å². The summed E-state index contributed by atoms with van der Waals surface area (Å²) in [4.78, 5) is 15.2. The summed E-state index contributed by atoms with van der Waals surface area (Å²) in [5.74, 6) is -0.637. The molecule has 0 fully saturated rings. The molecule has 0 amide bonds. The Morgan fingerprint density at radius 2 is 1.56 bits per heavy atom. The highest BCUT2D eigenvalue weighted by atomic mass is 28.4. The maximum Gasteiger partial charge on any atom is 0.357 e. The van der Waals surface area contributed by atoms with Crippen molar-refractivity contribution >= 4 is 20.0 Å². The fourth-order valence-electron chi connectivity index (χ4n) is 2.99. The van der Waals surface area contributed by atoms with Gasteiger partial charge in [0.25, 0.3) is 5.60 Å². The SMILES string of the molecule is CC[Si](CC)(CC)OC(C#N)(C(=O)OC(C)(C)C)c1ccc(N(C)C)cc1. The lowest BCUT2D eigenvalue weighted by Crippen LogP contribution is -2.51. The predicted molar refractivity (Wildman–Crippen MR) is 112 cm³/mol. The van der Waals surface area contributed by atoms with Gasteiger partial charge in [0.1, 0.15) is 11.7 Å². The van der Waals surface area contributed by atoms with Crippen molar-refractivity contribution in [2.45, 2.75) is 70.9 Å². The summed E-state index contributed by atoms with van der Waals surface area (Å²) in [7, 11) is 1.63. The number of carbonyl (C=O) groups is 1. The molecule has 0 aliphatic rings. The fourth-order valence-corrected chi connectivity index (χ4v) is 5.82. The van der Waals surface area contributed by atoms with Gasteiger partial charge in [-0.2, -0.15) is 5.26 Å². The summed E-state index contributed by atoms with van der Waals surface area (Å²) in [5, 5.41) is 10.2. The number of benzene rings is 1. The lowest BCUT2D eigenvalue weighted by atomic mass is 9.95. The van der Waals surface area contributed by atoms with E-state index in [0.717, 1.165) is 23.8 Å². The van der Waals surface area contributed by atoms with Gasteiger partial charge in [0.2, 0.25) is 0 Å². The molecule has 0 saturated heterocycles. The van der Waals surface area contributed by atoms with Crippen molar-refractivity contribution < 1.29 is 14.0 Å². The number of carbonyl (C=O) groups excluding carboxylic acids is 1. The molecule has 1 atom stereocenters. The summed E-state index contributed by atoms with van der Waals surface area (Å²) >= 11 is 0. The van der Waals surface area contributed by atoms with Crippen LogP contribution in [0.3, 0.4) is 0 Å². The van der Waals surface area contributed by atoms with Gasteiger partial charge in [0, 0.05) is 25.3 Å². The van der Waals surface area contributed by atoms with E-state index in [-0.39, 0.29) is 0 Å². The molecular weight excluding hydrogens is 356 g/mol. The molecule has 1 unspecified atom stereocenters. The van der Waals surface area contributed by atoms with Gasteiger partial charge in [0.15, 0.2) is 8.32 Å². The van der Waals surface area contributed by atoms with Crippen LogP contribution in [0.5, 0.6) is 0 Å². The van der Waals surface area contributed by atoms with Crippen LogP contribution in [0, 0.1) is 11.3 Å². The van der Waals surface area contributed by atoms with E-state index < -0.39 is 25.5 Å². The van der Waals surface area contributed by atoms with Gasteiger partial charge in [-0.05, 0) is 51.0 Å². The Bertz CT molecular complexity index is 662. The molecule has 5 nitrogen and oxygen atoms in total. The Kier molecular flexibility index (Phi) is 7.64. The molecule has 0 spiro atoms. The first-order chi connectivity index (χ1) is 12.5. The van der Waals surface area contributed by atoms with Crippen molar-refractivity contribution in [2.75, 3.05) is 19.0 Å². The van der Waals surface area contributed by atoms with Crippen molar-refractivity contribution in [2.24, 2.45) is 0 Å². The molecule has 0 saturated carbocycles. The summed E-state index contributed by atoms with van der Waals surface area (Å²) in [6.45, 7) is 11.6. The number of esters is 1. The molecule has 1 rings (SSSR count). The van der Waals surface area contributed by atoms with E-state index in [9.17, 15) is 10.1 Å². The first kappa shape index (κ1) is 23.2. The number of nitrogens with zero attached hydrogens (tertiary/aromatic N) is 2. The summed E-state index contributed by atoms with van der Waals surface area (Å²) < 4.78 is 12.1. The van der Waals surface area contributed by atoms with Gasteiger partial charge < -0.3 is 14.1 Å². The van der Waals surface area contributed by atoms with Gasteiger partial charge in [-0.15, -0.1) is 0 Å². The van der Waals surface area contributed by atoms with Crippen LogP contribution >= 0.6 is 0 Å². The highest BCUT2D eigenvalue weighted by Crippen LogP contribution is 2.37. The van der Waals surface area contributed by atoms with E-state index >= 15 is 0 Å². The third kappa shape index (κ3) is 5.33. The van der Waals surface area contributed by atoms with Crippen LogP contribution < -0.4 is 4.90 Å². The van der Waals surface area contributed by atoms with Crippen LogP contribution in [0.25, 0.3) is 0 Å². The van der Waals surface area contributed by atoms with Gasteiger partial charge >= 0.3 is 5.97 Å². The van der Waals surface area contributed by atoms with Crippen LogP contribution in [0.4, 0.5) is 5.69 Å². The molecule has 6 heteroatoms. The zero-order valence-corrected chi connectivity index (χ0v) is 19.0. The van der Waals surface area contributed by atoms with Crippen LogP contribution in [0.2, 0.25) is 18.1 Å². The molecule has 0 bridgehead atoms.